The van der Waals surface area contributed by atoms with E-state index in [1.165, 1.54) is 0 Å². The number of hydrogen-bond donors (Lipinski definition) is 0. The van der Waals surface area contributed by atoms with Gasteiger partial charge in [-0.2, -0.15) is 24.3 Å². The summed E-state index contributed by atoms with van der Waals surface area (Å²) in [5.41, 5.74) is 1.78. The number of halogens is 1. The SMILES string of the molecule is CC(=O)c1cc[c-]cc1CBr.[Y]. The van der Waals surface area contributed by atoms with Gasteiger partial charge in [0.25, 0.3) is 0 Å². The largest absolute Gasteiger partial charge is 0.297 e. The van der Waals surface area contributed by atoms with E-state index in [1.54, 1.807) is 19.1 Å². The van der Waals surface area contributed by atoms with E-state index in [-0.39, 0.29) is 38.5 Å². The monoisotopic (exact) mass is 300 g/mol. The molecule has 0 N–H and O–H groups in total. The fourth-order valence-electron chi connectivity index (χ4n) is 0.919. The minimum absolute atomic E-state index is 0. The van der Waals surface area contributed by atoms with Gasteiger partial charge in [-0.05, 0) is 12.3 Å². The number of Topliss-reactive ketones (excluding diaryl/α,β-unsaturated/α-hetero) is 1. The third-order valence-corrected chi connectivity index (χ3v) is 2.08. The topological polar surface area (TPSA) is 17.1 Å². The van der Waals surface area contributed by atoms with Crippen LogP contribution < -0.4 is 0 Å². The van der Waals surface area contributed by atoms with Gasteiger partial charge >= 0.3 is 0 Å². The molecule has 0 spiro atoms. The summed E-state index contributed by atoms with van der Waals surface area (Å²) < 4.78 is 0. The van der Waals surface area contributed by atoms with Crippen LogP contribution >= 0.6 is 15.9 Å². The number of carbonyl (C=O) groups excluding carboxylic acids is 1. The summed E-state index contributed by atoms with van der Waals surface area (Å²) in [6, 6.07) is 8.29. The summed E-state index contributed by atoms with van der Waals surface area (Å²) in [4.78, 5) is 11.0. The van der Waals surface area contributed by atoms with E-state index in [4.69, 9.17) is 0 Å². The third kappa shape index (κ3) is 3.08. The molecule has 0 unspecified atom stereocenters. The summed E-state index contributed by atoms with van der Waals surface area (Å²) >= 11 is 3.30. The second kappa shape index (κ2) is 6.01. The first-order chi connectivity index (χ1) is 5.25. The van der Waals surface area contributed by atoms with Crippen molar-refractivity contribution < 1.29 is 37.5 Å². The molecular weight excluding hydrogens is 293 g/mol. The maximum Gasteiger partial charge on any atom is 0.136 e. The van der Waals surface area contributed by atoms with E-state index >= 15 is 0 Å². The Hall–Kier alpha value is 0.474. The van der Waals surface area contributed by atoms with Crippen molar-refractivity contribution in [2.24, 2.45) is 0 Å². The minimum atomic E-state index is 0. The van der Waals surface area contributed by atoms with Crippen LogP contribution in [0.3, 0.4) is 0 Å². The number of rotatable bonds is 2. The maximum absolute atomic E-state index is 11.0. The number of carbonyl (C=O) groups is 1. The van der Waals surface area contributed by atoms with E-state index in [9.17, 15) is 4.79 Å². The van der Waals surface area contributed by atoms with Crippen LogP contribution in [-0.4, -0.2) is 5.78 Å². The van der Waals surface area contributed by atoms with Gasteiger partial charge in [0, 0.05) is 32.7 Å². The van der Waals surface area contributed by atoms with Crippen molar-refractivity contribution in [3.8, 4) is 0 Å². The molecule has 1 nitrogen and oxygen atoms in total. The van der Waals surface area contributed by atoms with Gasteiger partial charge in [0.05, 0.1) is 0 Å². The summed E-state index contributed by atoms with van der Waals surface area (Å²) in [5, 5.41) is 0.708. The van der Waals surface area contributed by atoms with Crippen LogP contribution in [0.4, 0.5) is 0 Å². The molecule has 1 aromatic rings. The maximum atomic E-state index is 11.0. The molecule has 0 heterocycles. The molecule has 0 aliphatic carbocycles. The minimum Gasteiger partial charge on any atom is -0.297 e. The van der Waals surface area contributed by atoms with Crippen molar-refractivity contribution in [3.05, 3.63) is 35.4 Å². The zero-order valence-corrected chi connectivity index (χ0v) is 11.2. The first kappa shape index (κ1) is 12.5. The Labute approximate surface area is 106 Å². The van der Waals surface area contributed by atoms with Gasteiger partial charge in [0.15, 0.2) is 0 Å². The fourth-order valence-corrected chi connectivity index (χ4v) is 1.38. The molecular formula is C9H8BrOY-. The summed E-state index contributed by atoms with van der Waals surface area (Å²) in [7, 11) is 0. The van der Waals surface area contributed by atoms with Crippen LogP contribution in [-0.2, 0) is 38.0 Å². The molecule has 1 aromatic carbocycles. The molecule has 0 aliphatic rings. The van der Waals surface area contributed by atoms with Crippen molar-refractivity contribution in [2.75, 3.05) is 0 Å². The van der Waals surface area contributed by atoms with Crippen LogP contribution in [0.2, 0.25) is 0 Å². The van der Waals surface area contributed by atoms with Gasteiger partial charge in [-0.1, -0.05) is 5.56 Å². The van der Waals surface area contributed by atoms with Gasteiger partial charge in [-0.15, -0.1) is 21.5 Å². The first-order valence-corrected chi connectivity index (χ1v) is 4.43. The van der Waals surface area contributed by atoms with Crippen LogP contribution in [0.1, 0.15) is 22.8 Å². The Balaban J connectivity index is 0.00000121. The normalized spacial score (nSPS) is 8.83. The Kier molecular flexibility index (Phi) is 6.25. The molecule has 61 valence electrons. The molecule has 0 fully saturated rings. The van der Waals surface area contributed by atoms with Gasteiger partial charge in [0.2, 0.25) is 0 Å². The first-order valence-electron chi connectivity index (χ1n) is 3.31. The van der Waals surface area contributed by atoms with E-state index in [0.29, 0.717) is 5.33 Å². The molecule has 1 radical (unpaired) electrons. The summed E-state index contributed by atoms with van der Waals surface area (Å²) in [5.74, 6) is 0.105. The second-order valence-electron chi connectivity index (χ2n) is 2.27. The number of benzene rings is 1. The van der Waals surface area contributed by atoms with Gasteiger partial charge in [-0.25, -0.2) is 0 Å². The smallest absolute Gasteiger partial charge is 0.136 e. The Morgan fingerprint density at radius 2 is 2.33 bits per heavy atom. The molecule has 0 bridgehead atoms. The molecule has 0 amide bonds. The van der Waals surface area contributed by atoms with Gasteiger partial charge in [0.1, 0.15) is 5.78 Å². The molecule has 0 aromatic heterocycles. The average Bonchev–Trinajstić information content (AvgIpc) is 2.04. The van der Waals surface area contributed by atoms with Crippen molar-refractivity contribution in [1.29, 1.82) is 0 Å². The third-order valence-electron chi connectivity index (χ3n) is 1.47. The van der Waals surface area contributed by atoms with Crippen molar-refractivity contribution >= 4 is 21.7 Å². The number of ketones is 1. The van der Waals surface area contributed by atoms with Crippen molar-refractivity contribution in [3.63, 3.8) is 0 Å². The zero-order chi connectivity index (χ0) is 8.27. The molecule has 0 saturated heterocycles. The second-order valence-corrected chi connectivity index (χ2v) is 2.83. The Morgan fingerprint density at radius 1 is 1.67 bits per heavy atom. The fraction of sp³-hybridized carbons (Fsp3) is 0.222. The van der Waals surface area contributed by atoms with Gasteiger partial charge < -0.3 is 0 Å². The van der Waals surface area contributed by atoms with Crippen LogP contribution in [0.5, 0.6) is 0 Å². The summed E-state index contributed by atoms with van der Waals surface area (Å²) in [6.07, 6.45) is 0. The predicted molar refractivity (Wildman–Crippen MR) is 47.9 cm³/mol. The predicted octanol–water partition coefficient (Wildman–Crippen LogP) is 2.58. The zero-order valence-electron chi connectivity index (χ0n) is 6.80. The Morgan fingerprint density at radius 3 is 2.75 bits per heavy atom. The van der Waals surface area contributed by atoms with Crippen LogP contribution in [0.25, 0.3) is 0 Å². The molecule has 1 rings (SSSR count). The van der Waals surface area contributed by atoms with E-state index < -0.39 is 0 Å². The van der Waals surface area contributed by atoms with E-state index in [0.717, 1.165) is 11.1 Å². The molecule has 12 heavy (non-hydrogen) atoms. The summed E-state index contributed by atoms with van der Waals surface area (Å²) in [6.45, 7) is 1.57. The van der Waals surface area contributed by atoms with Crippen LogP contribution in [0.15, 0.2) is 18.2 Å². The number of hydrogen-bond acceptors (Lipinski definition) is 1. The molecule has 0 saturated carbocycles. The Bertz CT molecular complexity index is 273. The van der Waals surface area contributed by atoms with E-state index in [2.05, 4.69) is 22.0 Å². The molecule has 0 aliphatic heterocycles. The standard InChI is InChI=1S/C9H8BrO.Y/c1-7(11)9-5-3-2-4-8(9)6-10;/h3-5H,6H2,1H3;/q-1;. The van der Waals surface area contributed by atoms with Crippen molar-refractivity contribution in [2.45, 2.75) is 12.3 Å². The van der Waals surface area contributed by atoms with Crippen molar-refractivity contribution in [1.82, 2.24) is 0 Å². The van der Waals surface area contributed by atoms with Gasteiger partial charge in [-0.3, -0.25) is 4.79 Å². The number of alkyl halides is 1. The van der Waals surface area contributed by atoms with Crippen LogP contribution in [0, 0.1) is 6.07 Å². The molecule has 3 heteroatoms. The average molecular weight is 301 g/mol. The van der Waals surface area contributed by atoms with E-state index in [1.807, 2.05) is 6.07 Å². The molecule has 0 atom stereocenters. The quantitative estimate of drug-likeness (QED) is 0.466.